The minimum atomic E-state index is 0.946. The number of hydrogen-bond acceptors (Lipinski definition) is 2. The van der Waals surface area contributed by atoms with Gasteiger partial charge in [-0.3, -0.25) is 0 Å². The molecule has 0 aromatic heterocycles. The molecule has 3 rings (SSSR count). The number of rotatable bonds is 5. The molecule has 1 aliphatic heterocycles. The topological polar surface area (TPSA) is 15.3 Å². The number of likely N-dealkylation sites (tertiary alicyclic amines) is 1. The van der Waals surface area contributed by atoms with E-state index < -0.39 is 0 Å². The molecule has 3 unspecified atom stereocenters. The second-order valence-corrected chi connectivity index (χ2v) is 6.99. The Bertz CT molecular complexity index is 258. The summed E-state index contributed by atoms with van der Waals surface area (Å²) in [5, 5.41) is 3.51. The molecule has 2 saturated carbocycles. The van der Waals surface area contributed by atoms with E-state index >= 15 is 0 Å². The van der Waals surface area contributed by atoms with Crippen LogP contribution in [0.5, 0.6) is 0 Å². The summed E-state index contributed by atoms with van der Waals surface area (Å²) in [6.07, 6.45) is 9.07. The van der Waals surface area contributed by atoms with E-state index in [1.165, 1.54) is 39.0 Å². The van der Waals surface area contributed by atoms with Crippen LogP contribution in [-0.4, -0.2) is 37.6 Å². The molecule has 2 nitrogen and oxygen atoms in total. The minimum absolute atomic E-state index is 0.946. The van der Waals surface area contributed by atoms with E-state index in [1.807, 2.05) is 0 Å². The van der Waals surface area contributed by atoms with Crippen molar-refractivity contribution in [2.75, 3.05) is 32.7 Å². The molecular weight excluding hydrogens is 220 g/mol. The predicted molar refractivity (Wildman–Crippen MR) is 76.6 cm³/mol. The second kappa shape index (κ2) is 5.92. The maximum absolute atomic E-state index is 3.51. The molecule has 104 valence electrons. The molecule has 3 aliphatic rings. The van der Waals surface area contributed by atoms with Crippen LogP contribution in [0.1, 0.15) is 45.4 Å². The summed E-state index contributed by atoms with van der Waals surface area (Å²) in [6, 6.07) is 0. The number of hydrogen-bond donors (Lipinski definition) is 1. The fourth-order valence-corrected chi connectivity index (χ4v) is 4.65. The monoisotopic (exact) mass is 250 g/mol. The first-order valence-electron chi connectivity index (χ1n) is 8.28. The normalized spacial score (nSPS) is 37.5. The van der Waals surface area contributed by atoms with Crippen LogP contribution < -0.4 is 5.32 Å². The predicted octanol–water partition coefficient (Wildman–Crippen LogP) is 2.74. The Morgan fingerprint density at radius 3 is 2.50 bits per heavy atom. The molecule has 2 bridgehead atoms. The van der Waals surface area contributed by atoms with Gasteiger partial charge in [-0.05, 0) is 82.0 Å². The van der Waals surface area contributed by atoms with Crippen molar-refractivity contribution >= 4 is 0 Å². The van der Waals surface area contributed by atoms with E-state index in [0.29, 0.717) is 0 Å². The van der Waals surface area contributed by atoms with Gasteiger partial charge in [0.15, 0.2) is 0 Å². The maximum atomic E-state index is 3.51. The van der Waals surface area contributed by atoms with E-state index in [0.717, 1.165) is 30.2 Å². The molecule has 0 spiro atoms. The Morgan fingerprint density at radius 2 is 1.89 bits per heavy atom. The fraction of sp³-hybridized carbons (Fsp3) is 1.00. The Labute approximate surface area is 113 Å². The molecule has 2 heteroatoms. The van der Waals surface area contributed by atoms with E-state index in [-0.39, 0.29) is 0 Å². The van der Waals surface area contributed by atoms with E-state index in [2.05, 4.69) is 17.1 Å². The van der Waals surface area contributed by atoms with Gasteiger partial charge in [-0.1, -0.05) is 13.3 Å². The quantitative estimate of drug-likeness (QED) is 0.807. The standard InChI is InChI=1S/C16H30N2/c1-2-17-11-13-5-7-18(8-6-13)12-16-10-14-3-4-15(16)9-14/h13-17H,2-12H2,1H3. The largest absolute Gasteiger partial charge is 0.317 e. The lowest BCUT2D eigenvalue weighted by Gasteiger charge is -2.35. The van der Waals surface area contributed by atoms with Crippen molar-refractivity contribution < 1.29 is 0 Å². The molecule has 1 heterocycles. The first kappa shape index (κ1) is 12.9. The van der Waals surface area contributed by atoms with Crippen molar-refractivity contribution in [2.45, 2.75) is 45.4 Å². The zero-order valence-corrected chi connectivity index (χ0v) is 12.0. The summed E-state index contributed by atoms with van der Waals surface area (Å²) < 4.78 is 0. The number of nitrogens with one attached hydrogen (secondary N) is 1. The van der Waals surface area contributed by atoms with Gasteiger partial charge in [0.1, 0.15) is 0 Å². The highest BCUT2D eigenvalue weighted by Crippen LogP contribution is 2.48. The molecular formula is C16H30N2. The van der Waals surface area contributed by atoms with Crippen molar-refractivity contribution in [1.29, 1.82) is 0 Å². The van der Waals surface area contributed by atoms with Crippen LogP contribution in [0.2, 0.25) is 0 Å². The highest BCUT2D eigenvalue weighted by atomic mass is 15.1. The molecule has 1 N–H and O–H groups in total. The van der Waals surface area contributed by atoms with Crippen molar-refractivity contribution in [3.05, 3.63) is 0 Å². The number of piperidine rings is 1. The summed E-state index contributed by atoms with van der Waals surface area (Å²) >= 11 is 0. The third-order valence-corrected chi connectivity index (χ3v) is 5.77. The Hall–Kier alpha value is -0.0800. The molecule has 18 heavy (non-hydrogen) atoms. The van der Waals surface area contributed by atoms with Crippen LogP contribution in [0.3, 0.4) is 0 Å². The van der Waals surface area contributed by atoms with Crippen LogP contribution in [0.25, 0.3) is 0 Å². The van der Waals surface area contributed by atoms with Crippen LogP contribution >= 0.6 is 0 Å². The fourth-order valence-electron chi connectivity index (χ4n) is 4.65. The first-order chi connectivity index (χ1) is 8.85. The van der Waals surface area contributed by atoms with Gasteiger partial charge in [0.25, 0.3) is 0 Å². The average Bonchev–Trinajstić information content (AvgIpc) is 3.00. The van der Waals surface area contributed by atoms with E-state index in [4.69, 9.17) is 0 Å². The highest BCUT2D eigenvalue weighted by Gasteiger charge is 2.40. The van der Waals surface area contributed by atoms with E-state index in [1.54, 1.807) is 25.7 Å². The van der Waals surface area contributed by atoms with E-state index in [9.17, 15) is 0 Å². The third-order valence-electron chi connectivity index (χ3n) is 5.77. The Morgan fingerprint density at radius 1 is 1.06 bits per heavy atom. The highest BCUT2D eigenvalue weighted by molar-refractivity contribution is 4.91. The number of nitrogens with zero attached hydrogens (tertiary/aromatic N) is 1. The van der Waals surface area contributed by atoms with Crippen LogP contribution in [-0.2, 0) is 0 Å². The lowest BCUT2D eigenvalue weighted by atomic mass is 9.87. The van der Waals surface area contributed by atoms with Gasteiger partial charge in [-0.15, -0.1) is 0 Å². The molecule has 0 aromatic carbocycles. The summed E-state index contributed by atoms with van der Waals surface area (Å²) in [5.74, 6) is 4.23. The maximum Gasteiger partial charge on any atom is 0.00124 e. The first-order valence-corrected chi connectivity index (χ1v) is 8.28. The van der Waals surface area contributed by atoms with Crippen molar-refractivity contribution in [1.82, 2.24) is 10.2 Å². The van der Waals surface area contributed by atoms with Crippen molar-refractivity contribution in [2.24, 2.45) is 23.7 Å². The average molecular weight is 250 g/mol. The third kappa shape index (κ3) is 2.91. The van der Waals surface area contributed by atoms with Crippen LogP contribution in [0, 0.1) is 23.7 Å². The molecule has 2 aliphatic carbocycles. The molecule has 1 saturated heterocycles. The van der Waals surface area contributed by atoms with Crippen LogP contribution in [0.15, 0.2) is 0 Å². The van der Waals surface area contributed by atoms with Gasteiger partial charge in [-0.2, -0.15) is 0 Å². The van der Waals surface area contributed by atoms with Gasteiger partial charge >= 0.3 is 0 Å². The van der Waals surface area contributed by atoms with Crippen LogP contribution in [0.4, 0.5) is 0 Å². The number of fused-ring (bicyclic) bond motifs is 2. The second-order valence-electron chi connectivity index (χ2n) is 6.99. The SMILES string of the molecule is CCNCC1CCN(CC2CC3CCC2C3)CC1. The van der Waals surface area contributed by atoms with Gasteiger partial charge in [-0.25, -0.2) is 0 Å². The van der Waals surface area contributed by atoms with Gasteiger partial charge in [0.05, 0.1) is 0 Å². The van der Waals surface area contributed by atoms with Crippen molar-refractivity contribution in [3.8, 4) is 0 Å². The van der Waals surface area contributed by atoms with Crippen molar-refractivity contribution in [3.63, 3.8) is 0 Å². The summed E-state index contributed by atoms with van der Waals surface area (Å²) in [4.78, 5) is 2.77. The Balaban J connectivity index is 1.38. The molecule has 0 amide bonds. The summed E-state index contributed by atoms with van der Waals surface area (Å²) in [6.45, 7) is 8.75. The molecule has 0 radical (unpaired) electrons. The van der Waals surface area contributed by atoms with Gasteiger partial charge in [0.2, 0.25) is 0 Å². The smallest absolute Gasteiger partial charge is 0.00124 e. The zero-order chi connectivity index (χ0) is 12.4. The lowest BCUT2D eigenvalue weighted by Crippen LogP contribution is -2.40. The molecule has 0 aromatic rings. The lowest BCUT2D eigenvalue weighted by molar-refractivity contribution is 0.139. The minimum Gasteiger partial charge on any atom is -0.317 e. The zero-order valence-electron chi connectivity index (χ0n) is 12.0. The summed E-state index contributed by atoms with van der Waals surface area (Å²) in [7, 11) is 0. The van der Waals surface area contributed by atoms with Gasteiger partial charge < -0.3 is 10.2 Å². The van der Waals surface area contributed by atoms with Gasteiger partial charge in [0, 0.05) is 6.54 Å². The molecule has 3 atom stereocenters. The Kier molecular flexibility index (Phi) is 4.25. The summed E-state index contributed by atoms with van der Waals surface area (Å²) in [5.41, 5.74) is 0. The molecule has 3 fully saturated rings.